The first kappa shape index (κ1) is 25.7. The highest BCUT2D eigenvalue weighted by Crippen LogP contribution is 2.43. The number of hydrogen-bond donors (Lipinski definition) is 0. The van der Waals surface area contributed by atoms with E-state index in [0.717, 1.165) is 45.7 Å². The molecule has 0 N–H and O–H groups in total. The Hall–Kier alpha value is -4.52. The molecule has 0 aliphatic carbocycles. The first-order valence-electron chi connectivity index (χ1n) is 12.5. The molecule has 6 aromatic rings. The summed E-state index contributed by atoms with van der Waals surface area (Å²) >= 11 is 0. The van der Waals surface area contributed by atoms with Crippen molar-refractivity contribution in [1.29, 1.82) is 0 Å². The highest BCUT2D eigenvalue weighted by atomic mass is 19.4. The van der Waals surface area contributed by atoms with E-state index in [1.807, 2.05) is 67.6 Å². The molecule has 5 aromatic carbocycles. The van der Waals surface area contributed by atoms with E-state index in [1.54, 1.807) is 6.07 Å². The summed E-state index contributed by atoms with van der Waals surface area (Å²) in [5.41, 5.74) is 1.63. The lowest BCUT2D eigenvalue weighted by Gasteiger charge is -2.20. The van der Waals surface area contributed by atoms with Crippen LogP contribution in [0.5, 0.6) is 0 Å². The minimum absolute atomic E-state index is 0.0710. The number of aryl methyl sites for hydroxylation is 2. The number of hydrogen-bond acceptors (Lipinski definition) is 0. The van der Waals surface area contributed by atoms with E-state index in [4.69, 9.17) is 0 Å². The zero-order valence-electron chi connectivity index (χ0n) is 21.4. The van der Waals surface area contributed by atoms with Crippen LogP contribution in [-0.2, 0) is 6.18 Å². The van der Waals surface area contributed by atoms with Gasteiger partial charge in [-0.1, -0.05) is 60.7 Å². The second-order valence-corrected chi connectivity index (χ2v) is 9.89. The van der Waals surface area contributed by atoms with Crippen LogP contribution in [0.25, 0.3) is 49.7 Å². The predicted molar refractivity (Wildman–Crippen MR) is 146 cm³/mol. The lowest BCUT2D eigenvalue weighted by Crippen LogP contribution is -2.13. The summed E-state index contributed by atoms with van der Waals surface area (Å²) in [5, 5.41) is 1.47. The normalized spacial score (nSPS) is 12.0. The molecule has 6 rings (SSSR count). The molecule has 0 bridgehead atoms. The average molecular weight is 546 g/mol. The molecule has 0 saturated carbocycles. The third kappa shape index (κ3) is 4.22. The van der Waals surface area contributed by atoms with Crippen LogP contribution in [0.2, 0.25) is 0 Å². The molecule has 0 radical (unpaired) electrons. The van der Waals surface area contributed by atoms with Crippen molar-refractivity contribution in [2.75, 3.05) is 0 Å². The van der Waals surface area contributed by atoms with Crippen molar-refractivity contribution < 1.29 is 26.3 Å². The maximum absolute atomic E-state index is 14.8. The first-order valence-corrected chi connectivity index (χ1v) is 12.5. The van der Waals surface area contributed by atoms with Gasteiger partial charge in [0.2, 0.25) is 0 Å². The molecule has 1 aromatic heterocycles. The average Bonchev–Trinajstić information content (AvgIpc) is 3.22. The Morgan fingerprint density at radius 1 is 0.625 bits per heavy atom. The van der Waals surface area contributed by atoms with Gasteiger partial charge in [-0.25, -0.2) is 13.2 Å². The van der Waals surface area contributed by atoms with E-state index >= 15 is 0 Å². The Bertz CT molecular complexity index is 1930. The van der Waals surface area contributed by atoms with Crippen molar-refractivity contribution >= 4 is 21.8 Å². The summed E-state index contributed by atoms with van der Waals surface area (Å²) in [6, 6.07) is 24.0. The largest absolute Gasteiger partial charge is 0.418 e. The van der Waals surface area contributed by atoms with Crippen LogP contribution in [0, 0.1) is 31.3 Å². The number of aromatic nitrogens is 1. The van der Waals surface area contributed by atoms with Gasteiger partial charge < -0.3 is 4.57 Å². The molecule has 1 nitrogen and oxygen atoms in total. The monoisotopic (exact) mass is 545 g/mol. The van der Waals surface area contributed by atoms with E-state index in [9.17, 15) is 26.3 Å². The standard InChI is InChI=1S/C33H21F6N/c1-18-8-10-24-25-11-9-21(20-6-4-3-5-7-20)14-29(25)40(28(24)12-18)30-15-22(13-19(2)31(30)33(37,38)39)26-16-23(34)17-27(35)32(26)36/h3-17H,1-2H3. The molecular formula is C33H21F6N. The fourth-order valence-corrected chi connectivity index (χ4v) is 5.43. The summed E-state index contributed by atoms with van der Waals surface area (Å²) in [4.78, 5) is 0. The summed E-state index contributed by atoms with van der Waals surface area (Å²) in [6.07, 6.45) is -4.77. The summed E-state index contributed by atoms with van der Waals surface area (Å²) in [7, 11) is 0. The van der Waals surface area contributed by atoms with E-state index in [1.165, 1.54) is 11.5 Å². The van der Waals surface area contributed by atoms with Gasteiger partial charge in [-0.2, -0.15) is 13.2 Å². The van der Waals surface area contributed by atoms with Crippen molar-refractivity contribution in [3.63, 3.8) is 0 Å². The van der Waals surface area contributed by atoms with E-state index < -0.39 is 34.8 Å². The summed E-state index contributed by atoms with van der Waals surface area (Å²) < 4.78 is 88.6. The molecule has 0 spiro atoms. The van der Waals surface area contributed by atoms with Gasteiger partial charge >= 0.3 is 6.18 Å². The van der Waals surface area contributed by atoms with Crippen LogP contribution in [0.4, 0.5) is 26.3 Å². The molecule has 0 atom stereocenters. The molecule has 0 amide bonds. The van der Waals surface area contributed by atoms with Gasteiger partial charge in [0, 0.05) is 22.4 Å². The zero-order chi connectivity index (χ0) is 28.3. The quantitative estimate of drug-likeness (QED) is 0.154. The van der Waals surface area contributed by atoms with Crippen molar-refractivity contribution in [3.8, 4) is 27.9 Å². The molecule has 0 aliphatic heterocycles. The number of benzene rings is 5. The van der Waals surface area contributed by atoms with Gasteiger partial charge in [-0.05, 0) is 65.9 Å². The molecule has 0 saturated heterocycles. The molecule has 0 unspecified atom stereocenters. The van der Waals surface area contributed by atoms with Crippen molar-refractivity contribution in [3.05, 3.63) is 125 Å². The Kier molecular flexibility index (Phi) is 5.98. The van der Waals surface area contributed by atoms with Crippen LogP contribution in [0.3, 0.4) is 0 Å². The second-order valence-electron chi connectivity index (χ2n) is 9.89. The Morgan fingerprint density at radius 3 is 2.00 bits per heavy atom. The minimum atomic E-state index is -4.77. The highest BCUT2D eigenvalue weighted by molar-refractivity contribution is 6.10. The topological polar surface area (TPSA) is 4.93 Å². The molecular weight excluding hydrogens is 524 g/mol. The molecule has 1 heterocycles. The number of rotatable bonds is 3. The van der Waals surface area contributed by atoms with Crippen molar-refractivity contribution in [2.24, 2.45) is 0 Å². The Labute approximate surface area is 225 Å². The van der Waals surface area contributed by atoms with Crippen molar-refractivity contribution in [2.45, 2.75) is 20.0 Å². The minimum Gasteiger partial charge on any atom is -0.309 e. The molecule has 0 aliphatic rings. The SMILES string of the molecule is Cc1ccc2c3ccc(-c4ccccc4)cc3n(-c3cc(-c4cc(F)cc(F)c4F)cc(C)c3C(F)(F)F)c2c1. The van der Waals surface area contributed by atoms with E-state index in [-0.39, 0.29) is 16.8 Å². The third-order valence-electron chi connectivity index (χ3n) is 7.17. The molecule has 40 heavy (non-hydrogen) atoms. The van der Waals surface area contributed by atoms with Crippen LogP contribution in [-0.4, -0.2) is 4.57 Å². The number of nitrogens with zero attached hydrogens (tertiary/aromatic N) is 1. The van der Waals surface area contributed by atoms with Crippen LogP contribution < -0.4 is 0 Å². The maximum Gasteiger partial charge on any atom is 0.418 e. The molecule has 7 heteroatoms. The maximum atomic E-state index is 14.8. The number of fused-ring (bicyclic) bond motifs is 3. The number of halogens is 6. The highest BCUT2D eigenvalue weighted by Gasteiger charge is 2.37. The smallest absolute Gasteiger partial charge is 0.309 e. The van der Waals surface area contributed by atoms with Gasteiger partial charge in [0.15, 0.2) is 11.6 Å². The Balaban J connectivity index is 1.76. The fourth-order valence-electron chi connectivity index (χ4n) is 5.43. The molecule has 0 fully saturated rings. The number of alkyl halides is 3. The Morgan fingerprint density at radius 2 is 1.30 bits per heavy atom. The van der Waals surface area contributed by atoms with Gasteiger partial charge in [0.1, 0.15) is 5.82 Å². The first-order chi connectivity index (χ1) is 19.0. The van der Waals surface area contributed by atoms with Gasteiger partial charge in [-0.15, -0.1) is 0 Å². The fraction of sp³-hybridized carbons (Fsp3) is 0.0909. The predicted octanol–water partition coefficient (Wildman–Crippen LogP) is 10.2. The summed E-state index contributed by atoms with van der Waals surface area (Å²) in [5.74, 6) is -3.79. The summed E-state index contributed by atoms with van der Waals surface area (Å²) in [6.45, 7) is 3.10. The van der Waals surface area contributed by atoms with E-state index in [2.05, 4.69) is 0 Å². The second kappa shape index (κ2) is 9.30. The van der Waals surface area contributed by atoms with E-state index in [0.29, 0.717) is 17.1 Å². The van der Waals surface area contributed by atoms with Gasteiger partial charge in [0.25, 0.3) is 0 Å². The molecule has 200 valence electrons. The van der Waals surface area contributed by atoms with Crippen LogP contribution in [0.1, 0.15) is 16.7 Å². The van der Waals surface area contributed by atoms with Gasteiger partial charge in [-0.3, -0.25) is 0 Å². The van der Waals surface area contributed by atoms with Gasteiger partial charge in [0.05, 0.1) is 22.3 Å². The lowest BCUT2D eigenvalue weighted by atomic mass is 9.96. The van der Waals surface area contributed by atoms with Crippen LogP contribution in [0.15, 0.2) is 91.0 Å². The zero-order valence-corrected chi connectivity index (χ0v) is 21.4. The lowest BCUT2D eigenvalue weighted by molar-refractivity contribution is -0.137. The van der Waals surface area contributed by atoms with Crippen LogP contribution >= 0.6 is 0 Å². The van der Waals surface area contributed by atoms with Crippen molar-refractivity contribution in [1.82, 2.24) is 4.57 Å². The third-order valence-corrected chi connectivity index (χ3v) is 7.17.